The van der Waals surface area contributed by atoms with Crippen LogP contribution in [0.2, 0.25) is 0 Å². The lowest BCUT2D eigenvalue weighted by atomic mass is 10.0. The number of nitriles is 1. The van der Waals surface area contributed by atoms with Crippen LogP contribution in [0.15, 0.2) is 66.4 Å². The number of hydrogen-bond donors (Lipinski definition) is 1. The van der Waals surface area contributed by atoms with Gasteiger partial charge in [-0.3, -0.25) is 4.79 Å². The first-order valence-corrected chi connectivity index (χ1v) is 12.0. The second kappa shape index (κ2) is 8.81. The van der Waals surface area contributed by atoms with Crippen molar-refractivity contribution < 1.29 is 13.2 Å². The Morgan fingerprint density at radius 2 is 1.91 bits per heavy atom. The Balaban J connectivity index is 1.71. The van der Waals surface area contributed by atoms with Crippen LogP contribution in [0.1, 0.15) is 17.5 Å². The summed E-state index contributed by atoms with van der Waals surface area (Å²) in [6, 6.07) is 18.9. The minimum absolute atomic E-state index is 0.0466. The Hall–Kier alpha value is -3.70. The fraction of sp³-hybridized carbons (Fsp3) is 0.208. The maximum Gasteiger partial charge on any atom is 0.262 e. The number of aromatic nitrogens is 2. The Kier molecular flexibility index (Phi) is 5.93. The highest BCUT2D eigenvalue weighted by Gasteiger charge is 2.29. The SMILES string of the molecule is Cc1ccc(-c2nn(-c3ccccc3)cc2C=C(C#N)C(=O)NC2CCS(=O)(=O)C2)cc1. The predicted molar refractivity (Wildman–Crippen MR) is 123 cm³/mol. The van der Waals surface area contributed by atoms with Gasteiger partial charge in [0.25, 0.3) is 5.91 Å². The quantitative estimate of drug-likeness (QED) is 0.479. The molecule has 2 aromatic carbocycles. The second-order valence-corrected chi connectivity index (χ2v) is 10.1. The van der Waals surface area contributed by atoms with Crippen molar-refractivity contribution in [2.45, 2.75) is 19.4 Å². The van der Waals surface area contributed by atoms with E-state index in [0.717, 1.165) is 16.8 Å². The number of para-hydroxylation sites is 1. The van der Waals surface area contributed by atoms with Crippen molar-refractivity contribution in [2.24, 2.45) is 0 Å². The normalized spacial score (nSPS) is 17.6. The highest BCUT2D eigenvalue weighted by molar-refractivity contribution is 7.91. The van der Waals surface area contributed by atoms with E-state index in [1.807, 2.05) is 67.6 Å². The number of carbonyl (C=O) groups is 1. The van der Waals surface area contributed by atoms with E-state index in [-0.39, 0.29) is 17.1 Å². The van der Waals surface area contributed by atoms with Crippen LogP contribution in [-0.2, 0) is 14.6 Å². The molecule has 0 saturated carbocycles. The fourth-order valence-corrected chi connectivity index (χ4v) is 5.29. The summed E-state index contributed by atoms with van der Waals surface area (Å²) in [5.41, 5.74) is 3.96. The van der Waals surface area contributed by atoms with Crippen LogP contribution in [0.5, 0.6) is 0 Å². The summed E-state index contributed by atoms with van der Waals surface area (Å²) < 4.78 is 25.1. The highest BCUT2D eigenvalue weighted by atomic mass is 32.2. The van der Waals surface area contributed by atoms with Crippen LogP contribution in [0.3, 0.4) is 0 Å². The minimum atomic E-state index is -3.14. The molecular formula is C24H22N4O3S. The zero-order valence-electron chi connectivity index (χ0n) is 17.5. The van der Waals surface area contributed by atoms with Gasteiger partial charge >= 0.3 is 0 Å². The van der Waals surface area contributed by atoms with Crippen LogP contribution in [0.25, 0.3) is 23.0 Å². The van der Waals surface area contributed by atoms with Gasteiger partial charge in [-0.05, 0) is 31.6 Å². The first kappa shape index (κ1) is 21.5. The monoisotopic (exact) mass is 446 g/mol. The van der Waals surface area contributed by atoms with Crippen molar-refractivity contribution >= 4 is 21.8 Å². The number of benzene rings is 2. The Morgan fingerprint density at radius 1 is 1.19 bits per heavy atom. The van der Waals surface area contributed by atoms with Gasteiger partial charge in [-0.1, -0.05) is 48.0 Å². The number of sulfone groups is 1. The number of aryl methyl sites for hydroxylation is 1. The third-order valence-corrected chi connectivity index (χ3v) is 7.09. The van der Waals surface area contributed by atoms with Gasteiger partial charge < -0.3 is 5.32 Å². The third-order valence-electron chi connectivity index (χ3n) is 5.32. The molecule has 0 spiro atoms. The third kappa shape index (κ3) is 4.79. The molecule has 1 atom stereocenters. The van der Waals surface area contributed by atoms with Crippen molar-refractivity contribution in [1.29, 1.82) is 5.26 Å². The maximum absolute atomic E-state index is 12.7. The molecule has 0 aliphatic carbocycles. The van der Waals surface area contributed by atoms with E-state index < -0.39 is 21.8 Å². The molecule has 3 aromatic rings. The minimum Gasteiger partial charge on any atom is -0.348 e. The van der Waals surface area contributed by atoms with Gasteiger partial charge in [-0.2, -0.15) is 10.4 Å². The molecule has 1 amide bonds. The topological polar surface area (TPSA) is 105 Å². The second-order valence-electron chi connectivity index (χ2n) is 7.82. The van der Waals surface area contributed by atoms with Crippen LogP contribution in [0.4, 0.5) is 0 Å². The molecule has 0 radical (unpaired) electrons. The number of nitrogens with one attached hydrogen (secondary N) is 1. The van der Waals surface area contributed by atoms with Gasteiger partial charge in [0.05, 0.1) is 22.9 Å². The van der Waals surface area contributed by atoms with E-state index in [0.29, 0.717) is 17.7 Å². The standard InChI is InChI=1S/C24H22N4O3S/c1-17-7-9-18(10-8-17)23-20(15-28(27-23)22-5-3-2-4-6-22)13-19(14-25)24(29)26-21-11-12-32(30,31)16-21/h2-10,13,15,21H,11-12,16H2,1H3,(H,26,29). The van der Waals surface area contributed by atoms with E-state index in [1.165, 1.54) is 6.08 Å². The Bertz CT molecular complexity index is 1320. The molecule has 2 heterocycles. The summed E-state index contributed by atoms with van der Waals surface area (Å²) in [7, 11) is -3.14. The molecule has 1 unspecified atom stereocenters. The Labute approximate surface area is 186 Å². The zero-order chi connectivity index (χ0) is 22.7. The highest BCUT2D eigenvalue weighted by Crippen LogP contribution is 2.26. The van der Waals surface area contributed by atoms with E-state index in [4.69, 9.17) is 5.10 Å². The fourth-order valence-electron chi connectivity index (χ4n) is 3.62. The number of nitrogens with zero attached hydrogens (tertiary/aromatic N) is 3. The van der Waals surface area contributed by atoms with Crippen LogP contribution in [0, 0.1) is 18.3 Å². The van der Waals surface area contributed by atoms with Crippen molar-refractivity contribution in [3.05, 3.63) is 77.5 Å². The largest absolute Gasteiger partial charge is 0.348 e. The van der Waals surface area contributed by atoms with Gasteiger partial charge in [-0.15, -0.1) is 0 Å². The molecule has 1 aromatic heterocycles. The molecule has 1 N–H and O–H groups in total. The molecule has 32 heavy (non-hydrogen) atoms. The van der Waals surface area contributed by atoms with E-state index >= 15 is 0 Å². The molecule has 0 bridgehead atoms. The summed E-state index contributed by atoms with van der Waals surface area (Å²) in [5.74, 6) is -0.639. The van der Waals surface area contributed by atoms with Crippen molar-refractivity contribution in [3.8, 4) is 23.0 Å². The molecule has 7 nitrogen and oxygen atoms in total. The summed E-state index contributed by atoms with van der Waals surface area (Å²) in [6.45, 7) is 1.99. The van der Waals surface area contributed by atoms with Crippen molar-refractivity contribution in [1.82, 2.24) is 15.1 Å². The summed E-state index contributed by atoms with van der Waals surface area (Å²) in [5, 5.41) is 17.0. The zero-order valence-corrected chi connectivity index (χ0v) is 18.3. The van der Waals surface area contributed by atoms with Gasteiger partial charge in [-0.25, -0.2) is 13.1 Å². The van der Waals surface area contributed by atoms with E-state index in [1.54, 1.807) is 10.9 Å². The average Bonchev–Trinajstić information content (AvgIpc) is 3.35. The van der Waals surface area contributed by atoms with E-state index in [2.05, 4.69) is 5.32 Å². The number of carbonyl (C=O) groups excluding carboxylic acids is 1. The van der Waals surface area contributed by atoms with Crippen molar-refractivity contribution in [3.63, 3.8) is 0 Å². The first-order valence-electron chi connectivity index (χ1n) is 10.2. The van der Waals surface area contributed by atoms with Crippen molar-refractivity contribution in [2.75, 3.05) is 11.5 Å². The molecule has 162 valence electrons. The van der Waals surface area contributed by atoms with Gasteiger partial charge in [0.2, 0.25) is 0 Å². The molecule has 8 heteroatoms. The van der Waals surface area contributed by atoms with Crippen LogP contribution in [-0.4, -0.2) is 41.7 Å². The molecule has 1 aliphatic rings. The predicted octanol–water partition coefficient (Wildman–Crippen LogP) is 3.06. The van der Waals surface area contributed by atoms with Crippen LogP contribution < -0.4 is 5.32 Å². The summed E-state index contributed by atoms with van der Waals surface area (Å²) in [6.07, 6.45) is 3.63. The summed E-state index contributed by atoms with van der Waals surface area (Å²) in [4.78, 5) is 12.7. The lowest BCUT2D eigenvalue weighted by Crippen LogP contribution is -2.36. The number of rotatable bonds is 5. The van der Waals surface area contributed by atoms with Crippen LogP contribution >= 0.6 is 0 Å². The lowest BCUT2D eigenvalue weighted by molar-refractivity contribution is -0.117. The smallest absolute Gasteiger partial charge is 0.262 e. The first-order chi connectivity index (χ1) is 15.3. The lowest BCUT2D eigenvalue weighted by Gasteiger charge is -2.09. The molecular weight excluding hydrogens is 424 g/mol. The van der Waals surface area contributed by atoms with E-state index in [9.17, 15) is 18.5 Å². The number of hydrogen-bond acceptors (Lipinski definition) is 5. The average molecular weight is 447 g/mol. The van der Waals surface area contributed by atoms with Gasteiger partial charge in [0.15, 0.2) is 9.84 Å². The molecule has 1 fully saturated rings. The molecule has 4 rings (SSSR count). The Morgan fingerprint density at radius 3 is 2.53 bits per heavy atom. The van der Waals surface area contributed by atoms with Gasteiger partial charge in [0, 0.05) is 23.4 Å². The molecule has 1 saturated heterocycles. The molecule has 1 aliphatic heterocycles. The van der Waals surface area contributed by atoms with Gasteiger partial charge in [0.1, 0.15) is 11.6 Å². The number of amides is 1. The maximum atomic E-state index is 12.7. The summed E-state index contributed by atoms with van der Waals surface area (Å²) >= 11 is 0.